The van der Waals surface area contributed by atoms with Crippen LogP contribution in [0, 0.1) is 6.92 Å². The summed E-state index contributed by atoms with van der Waals surface area (Å²) in [6.45, 7) is 2.26. The number of nitrogens with zero attached hydrogens (tertiary/aromatic N) is 1. The minimum Gasteiger partial charge on any atom is -0.479 e. The maximum atomic E-state index is 12.0. The molecule has 1 amide bonds. The number of aliphatic carboxylic acids is 1. The van der Waals surface area contributed by atoms with Crippen LogP contribution in [-0.2, 0) is 33.7 Å². The summed E-state index contributed by atoms with van der Waals surface area (Å²) in [5.74, 6) is 0.222. The van der Waals surface area contributed by atoms with Crippen molar-refractivity contribution in [1.82, 2.24) is 10.3 Å². The van der Waals surface area contributed by atoms with Gasteiger partial charge in [0, 0.05) is 32.1 Å². The van der Waals surface area contributed by atoms with Crippen molar-refractivity contribution in [2.45, 2.75) is 32.4 Å². The van der Waals surface area contributed by atoms with Gasteiger partial charge in [-0.05, 0) is 30.2 Å². The first-order valence-corrected chi connectivity index (χ1v) is 10.2. The molecule has 0 aliphatic carbocycles. The van der Waals surface area contributed by atoms with Crippen LogP contribution in [0.3, 0.4) is 0 Å². The molecule has 1 heterocycles. The monoisotopic (exact) mass is 438 g/mol. The summed E-state index contributed by atoms with van der Waals surface area (Å²) >= 11 is 0. The summed E-state index contributed by atoms with van der Waals surface area (Å²) in [6, 6.07) is 16.9. The predicted molar refractivity (Wildman–Crippen MR) is 117 cm³/mol. The highest BCUT2D eigenvalue weighted by atomic mass is 16.5. The Morgan fingerprint density at radius 2 is 1.88 bits per heavy atom. The number of benzene rings is 2. The second kappa shape index (κ2) is 11.1. The highest BCUT2D eigenvalue weighted by molar-refractivity contribution is 5.72. The minimum atomic E-state index is -1.02. The number of ether oxygens (including phenoxy) is 2. The van der Waals surface area contributed by atoms with Crippen molar-refractivity contribution in [2.75, 3.05) is 13.7 Å². The minimum absolute atomic E-state index is 0.168. The van der Waals surface area contributed by atoms with Crippen molar-refractivity contribution in [1.29, 1.82) is 0 Å². The van der Waals surface area contributed by atoms with E-state index in [0.717, 1.165) is 22.4 Å². The van der Waals surface area contributed by atoms with Gasteiger partial charge in [-0.15, -0.1) is 0 Å². The number of aromatic nitrogens is 1. The molecule has 0 aliphatic rings. The van der Waals surface area contributed by atoms with Gasteiger partial charge in [0.2, 0.25) is 5.89 Å². The van der Waals surface area contributed by atoms with Gasteiger partial charge in [-0.2, -0.15) is 0 Å². The van der Waals surface area contributed by atoms with Gasteiger partial charge in [-0.3, -0.25) is 0 Å². The number of alkyl carbamates (subject to hydrolysis) is 1. The zero-order valence-electron chi connectivity index (χ0n) is 18.0. The molecule has 0 radical (unpaired) electrons. The van der Waals surface area contributed by atoms with Gasteiger partial charge < -0.3 is 24.3 Å². The largest absolute Gasteiger partial charge is 0.479 e. The van der Waals surface area contributed by atoms with Crippen LogP contribution in [-0.4, -0.2) is 42.0 Å². The second-order valence-corrected chi connectivity index (χ2v) is 7.21. The first kappa shape index (κ1) is 23.0. The number of carbonyl (C=O) groups is 2. The molecule has 0 bridgehead atoms. The normalized spacial score (nSPS) is 11.7. The first-order chi connectivity index (χ1) is 15.5. The molecule has 168 valence electrons. The number of aryl methyl sites for hydroxylation is 1. The SMILES string of the molecule is COC(Cc1cccc(CNC(=O)OCCc2nc(-c3ccccc3)oc2C)c1)C(=O)O. The lowest BCUT2D eigenvalue weighted by molar-refractivity contribution is -0.148. The topological polar surface area (TPSA) is 111 Å². The number of carboxylic acids is 1. The molecule has 1 unspecified atom stereocenters. The van der Waals surface area contributed by atoms with Gasteiger partial charge in [0.1, 0.15) is 5.76 Å². The fraction of sp³-hybridized carbons (Fsp3) is 0.292. The highest BCUT2D eigenvalue weighted by Gasteiger charge is 2.17. The molecule has 1 atom stereocenters. The highest BCUT2D eigenvalue weighted by Crippen LogP contribution is 2.21. The zero-order chi connectivity index (χ0) is 22.9. The molecule has 0 saturated heterocycles. The molecule has 0 aliphatic heterocycles. The molecule has 2 aromatic carbocycles. The van der Waals surface area contributed by atoms with E-state index in [9.17, 15) is 9.59 Å². The number of methoxy groups -OCH3 is 1. The van der Waals surface area contributed by atoms with Gasteiger partial charge in [0.15, 0.2) is 6.10 Å². The average molecular weight is 438 g/mol. The third-order valence-corrected chi connectivity index (χ3v) is 4.89. The van der Waals surface area contributed by atoms with Crippen LogP contribution < -0.4 is 5.32 Å². The van der Waals surface area contributed by atoms with Crippen LogP contribution in [0.2, 0.25) is 0 Å². The van der Waals surface area contributed by atoms with Crippen molar-refractivity contribution in [3.05, 3.63) is 77.2 Å². The van der Waals surface area contributed by atoms with Crippen LogP contribution in [0.4, 0.5) is 4.79 Å². The summed E-state index contributed by atoms with van der Waals surface area (Å²) in [4.78, 5) is 27.7. The Bertz CT molecular complexity index is 1050. The van der Waals surface area contributed by atoms with Crippen LogP contribution in [0.1, 0.15) is 22.6 Å². The smallest absolute Gasteiger partial charge is 0.407 e. The predicted octanol–water partition coefficient (Wildman–Crippen LogP) is 3.76. The van der Waals surface area contributed by atoms with Crippen LogP contribution >= 0.6 is 0 Å². The van der Waals surface area contributed by atoms with Crippen molar-refractivity contribution in [3.63, 3.8) is 0 Å². The van der Waals surface area contributed by atoms with Gasteiger partial charge in [0.25, 0.3) is 0 Å². The number of carbonyl (C=O) groups excluding carboxylic acids is 1. The summed E-state index contributed by atoms with van der Waals surface area (Å²) < 4.78 is 15.9. The van der Waals surface area contributed by atoms with Crippen molar-refractivity contribution in [2.24, 2.45) is 0 Å². The molecule has 8 heteroatoms. The molecular formula is C24H26N2O6. The lowest BCUT2D eigenvalue weighted by Gasteiger charge is -2.12. The van der Waals surface area contributed by atoms with Crippen molar-refractivity contribution in [3.8, 4) is 11.5 Å². The molecule has 3 rings (SSSR count). The van der Waals surface area contributed by atoms with E-state index < -0.39 is 18.2 Å². The van der Waals surface area contributed by atoms with E-state index in [1.165, 1.54) is 7.11 Å². The maximum Gasteiger partial charge on any atom is 0.407 e. The van der Waals surface area contributed by atoms with Gasteiger partial charge >= 0.3 is 12.1 Å². The Labute approximate surface area is 186 Å². The van der Waals surface area contributed by atoms with E-state index in [1.807, 2.05) is 61.5 Å². The summed E-state index contributed by atoms with van der Waals surface area (Å²) in [5.41, 5.74) is 3.28. The van der Waals surface area contributed by atoms with Crippen LogP contribution in [0.5, 0.6) is 0 Å². The van der Waals surface area contributed by atoms with E-state index >= 15 is 0 Å². The fourth-order valence-electron chi connectivity index (χ4n) is 3.18. The van der Waals surface area contributed by atoms with Crippen molar-refractivity contribution >= 4 is 12.1 Å². The van der Waals surface area contributed by atoms with E-state index in [1.54, 1.807) is 0 Å². The summed E-state index contributed by atoms with van der Waals surface area (Å²) in [6.07, 6.45) is -0.768. The number of hydrogen-bond acceptors (Lipinski definition) is 6. The Balaban J connectivity index is 1.46. The van der Waals surface area contributed by atoms with Crippen LogP contribution in [0.25, 0.3) is 11.5 Å². The van der Waals surface area contributed by atoms with E-state index in [4.69, 9.17) is 19.0 Å². The van der Waals surface area contributed by atoms with Gasteiger partial charge in [0.05, 0.1) is 12.3 Å². The van der Waals surface area contributed by atoms with E-state index in [-0.39, 0.29) is 19.6 Å². The van der Waals surface area contributed by atoms with E-state index in [0.29, 0.717) is 18.1 Å². The number of oxazole rings is 1. The molecule has 0 spiro atoms. The third kappa shape index (κ3) is 6.42. The molecule has 3 aromatic rings. The quantitative estimate of drug-likeness (QED) is 0.496. The molecule has 0 fully saturated rings. The Hall–Kier alpha value is -3.65. The molecule has 2 N–H and O–H groups in total. The fourth-order valence-corrected chi connectivity index (χ4v) is 3.18. The number of nitrogens with one attached hydrogen (secondary N) is 1. The first-order valence-electron chi connectivity index (χ1n) is 10.2. The Kier molecular flexibility index (Phi) is 7.99. The number of hydrogen-bond donors (Lipinski definition) is 2. The van der Waals surface area contributed by atoms with Gasteiger partial charge in [-0.25, -0.2) is 14.6 Å². The number of rotatable bonds is 10. The molecule has 32 heavy (non-hydrogen) atoms. The van der Waals surface area contributed by atoms with Crippen molar-refractivity contribution < 1.29 is 28.6 Å². The molecule has 0 saturated carbocycles. The number of carboxylic acid groups (broad SMARTS) is 1. The van der Waals surface area contributed by atoms with Gasteiger partial charge in [-0.1, -0.05) is 42.5 Å². The summed E-state index contributed by atoms with van der Waals surface area (Å²) in [7, 11) is 1.36. The molecule has 1 aromatic heterocycles. The standard InChI is InChI=1S/C24H26N2O6/c1-16-20(26-22(32-16)19-9-4-3-5-10-19)11-12-31-24(29)25-15-18-8-6-7-17(13-18)14-21(30-2)23(27)28/h3-10,13,21H,11-12,14-15H2,1-2H3,(H,25,29)(H,27,28). The van der Waals surface area contributed by atoms with Crippen LogP contribution in [0.15, 0.2) is 59.0 Å². The second-order valence-electron chi connectivity index (χ2n) is 7.21. The number of amides is 1. The third-order valence-electron chi connectivity index (χ3n) is 4.89. The Morgan fingerprint density at radius 1 is 1.12 bits per heavy atom. The lowest BCUT2D eigenvalue weighted by Crippen LogP contribution is -2.26. The summed E-state index contributed by atoms with van der Waals surface area (Å²) in [5, 5.41) is 11.8. The molecule has 8 nitrogen and oxygen atoms in total. The van der Waals surface area contributed by atoms with E-state index in [2.05, 4.69) is 10.3 Å². The average Bonchev–Trinajstić information content (AvgIpc) is 3.17. The lowest BCUT2D eigenvalue weighted by atomic mass is 10.0. The zero-order valence-corrected chi connectivity index (χ0v) is 18.0. The molecular weight excluding hydrogens is 412 g/mol. The Morgan fingerprint density at radius 3 is 2.59 bits per heavy atom. The maximum absolute atomic E-state index is 12.0.